The Morgan fingerprint density at radius 2 is 1.29 bits per heavy atom. The van der Waals surface area contributed by atoms with Gasteiger partial charge in [-0.1, -0.05) is 103 Å². The lowest BCUT2D eigenvalue weighted by Gasteiger charge is -2.16. The molecule has 34 heavy (non-hydrogen) atoms. The second-order valence-corrected chi connectivity index (χ2v) is 9.35. The molecule has 0 spiro atoms. The Hall–Kier alpha value is -3.90. The summed E-state index contributed by atoms with van der Waals surface area (Å²) in [5, 5.41) is 5.23. The van der Waals surface area contributed by atoms with Crippen LogP contribution in [0.1, 0.15) is 29.5 Å². The first-order valence-corrected chi connectivity index (χ1v) is 12.2. The predicted molar refractivity (Wildman–Crippen MR) is 148 cm³/mol. The molecule has 5 aromatic rings. The zero-order valence-electron chi connectivity index (χ0n) is 19.8. The minimum atomic E-state index is 1.12. The number of hydrogen-bond acceptors (Lipinski definition) is 0. The van der Waals surface area contributed by atoms with E-state index < -0.39 is 0 Å². The van der Waals surface area contributed by atoms with Crippen LogP contribution in [0.2, 0.25) is 0 Å². The third-order valence-corrected chi connectivity index (χ3v) is 7.19. The molecule has 0 aliphatic heterocycles. The molecule has 0 heteroatoms. The summed E-state index contributed by atoms with van der Waals surface area (Å²) in [5.41, 5.74) is 10.5. The van der Waals surface area contributed by atoms with Crippen LogP contribution in [0.15, 0.2) is 109 Å². The van der Waals surface area contributed by atoms with Crippen LogP contribution >= 0.6 is 0 Å². The van der Waals surface area contributed by atoms with E-state index in [9.17, 15) is 0 Å². The van der Waals surface area contributed by atoms with Gasteiger partial charge in [-0.05, 0) is 98.8 Å². The van der Waals surface area contributed by atoms with Gasteiger partial charge < -0.3 is 0 Å². The first-order valence-electron chi connectivity index (χ1n) is 12.2. The fourth-order valence-corrected chi connectivity index (χ4v) is 5.42. The Morgan fingerprint density at radius 3 is 2.09 bits per heavy atom. The maximum atomic E-state index is 2.39. The molecular formula is C34H28. The van der Waals surface area contributed by atoms with Gasteiger partial charge in [0.05, 0.1) is 0 Å². The quantitative estimate of drug-likeness (QED) is 0.264. The Balaban J connectivity index is 1.59. The van der Waals surface area contributed by atoms with Crippen LogP contribution in [0.4, 0.5) is 0 Å². The number of hydrogen-bond donors (Lipinski definition) is 0. The lowest BCUT2D eigenvalue weighted by atomic mass is 9.87. The van der Waals surface area contributed by atoms with E-state index in [0.717, 1.165) is 12.8 Å². The molecule has 0 fully saturated rings. The van der Waals surface area contributed by atoms with Crippen molar-refractivity contribution < 1.29 is 0 Å². The molecule has 164 valence electrons. The molecular weight excluding hydrogens is 408 g/mol. The minimum absolute atomic E-state index is 1.12. The Bertz CT molecular complexity index is 1610. The first-order chi connectivity index (χ1) is 16.7. The Labute approximate surface area is 201 Å². The standard InChI is InChI=1S/C34H28/c1-23-10-6-7-13-28(23)34-24(2)16-17-26-18-19-27(22-33(26)34)30-21-20-29(25-11-4-3-5-12-25)31-14-8-9-15-32(30)31/h4,6-22H,3,5H2,1-2H3. The minimum Gasteiger partial charge on any atom is -0.0836 e. The number of aryl methyl sites for hydroxylation is 2. The van der Waals surface area contributed by atoms with Gasteiger partial charge in [-0.25, -0.2) is 0 Å². The average molecular weight is 437 g/mol. The highest BCUT2D eigenvalue weighted by molar-refractivity contribution is 6.07. The molecule has 0 nitrogen and oxygen atoms in total. The van der Waals surface area contributed by atoms with Gasteiger partial charge in [0.15, 0.2) is 0 Å². The van der Waals surface area contributed by atoms with Gasteiger partial charge in [0, 0.05) is 0 Å². The zero-order valence-corrected chi connectivity index (χ0v) is 19.8. The van der Waals surface area contributed by atoms with E-state index in [0.29, 0.717) is 0 Å². The van der Waals surface area contributed by atoms with Gasteiger partial charge in [0.1, 0.15) is 0 Å². The molecule has 0 heterocycles. The van der Waals surface area contributed by atoms with E-state index in [1.807, 2.05) is 0 Å². The second-order valence-electron chi connectivity index (χ2n) is 9.35. The van der Waals surface area contributed by atoms with E-state index in [2.05, 4.69) is 123 Å². The Kier molecular flexibility index (Phi) is 5.15. The third kappa shape index (κ3) is 3.47. The molecule has 0 bridgehead atoms. The van der Waals surface area contributed by atoms with Crippen molar-refractivity contribution in [2.24, 2.45) is 0 Å². The van der Waals surface area contributed by atoms with Gasteiger partial charge in [0.2, 0.25) is 0 Å². The normalized spacial score (nSPS) is 13.4. The maximum absolute atomic E-state index is 2.39. The van der Waals surface area contributed by atoms with Crippen LogP contribution < -0.4 is 0 Å². The van der Waals surface area contributed by atoms with Crippen LogP contribution in [-0.2, 0) is 0 Å². The summed E-state index contributed by atoms with van der Waals surface area (Å²) in [6.07, 6.45) is 9.19. The lowest BCUT2D eigenvalue weighted by Crippen LogP contribution is -1.92. The smallest absolute Gasteiger partial charge is 0.00732 e. The van der Waals surface area contributed by atoms with Crippen molar-refractivity contribution in [2.45, 2.75) is 26.7 Å². The number of benzene rings is 5. The largest absolute Gasteiger partial charge is 0.0836 e. The van der Waals surface area contributed by atoms with Crippen molar-refractivity contribution in [2.75, 3.05) is 0 Å². The molecule has 0 saturated carbocycles. The molecule has 0 unspecified atom stereocenters. The van der Waals surface area contributed by atoms with Crippen LogP contribution in [0.5, 0.6) is 0 Å². The summed E-state index contributed by atoms with van der Waals surface area (Å²) in [7, 11) is 0. The van der Waals surface area contributed by atoms with E-state index >= 15 is 0 Å². The summed E-state index contributed by atoms with van der Waals surface area (Å²) in [6.45, 7) is 4.43. The van der Waals surface area contributed by atoms with E-state index in [1.165, 1.54) is 66.1 Å². The average Bonchev–Trinajstić information content (AvgIpc) is 2.89. The number of allylic oxidation sites excluding steroid dienone is 4. The monoisotopic (exact) mass is 436 g/mol. The fraction of sp³-hybridized carbons (Fsp3) is 0.118. The van der Waals surface area contributed by atoms with Crippen molar-refractivity contribution in [1.29, 1.82) is 0 Å². The first kappa shape index (κ1) is 20.7. The highest BCUT2D eigenvalue weighted by atomic mass is 14.2. The zero-order chi connectivity index (χ0) is 23.1. The van der Waals surface area contributed by atoms with Crippen LogP contribution in [-0.4, -0.2) is 0 Å². The molecule has 6 rings (SSSR count). The van der Waals surface area contributed by atoms with Gasteiger partial charge in [-0.15, -0.1) is 0 Å². The van der Waals surface area contributed by atoms with E-state index in [4.69, 9.17) is 0 Å². The highest BCUT2D eigenvalue weighted by Gasteiger charge is 2.14. The molecule has 0 amide bonds. The van der Waals surface area contributed by atoms with Crippen molar-refractivity contribution in [3.8, 4) is 22.3 Å². The van der Waals surface area contributed by atoms with Gasteiger partial charge in [-0.2, -0.15) is 0 Å². The molecule has 1 aliphatic rings. The van der Waals surface area contributed by atoms with Crippen molar-refractivity contribution >= 4 is 27.1 Å². The molecule has 1 aliphatic carbocycles. The van der Waals surface area contributed by atoms with Crippen molar-refractivity contribution in [3.05, 3.63) is 126 Å². The summed E-state index contributed by atoms with van der Waals surface area (Å²) in [5.74, 6) is 0. The highest BCUT2D eigenvalue weighted by Crippen LogP contribution is 2.39. The lowest BCUT2D eigenvalue weighted by molar-refractivity contribution is 1.04. The third-order valence-electron chi connectivity index (χ3n) is 7.19. The van der Waals surface area contributed by atoms with Gasteiger partial charge in [-0.3, -0.25) is 0 Å². The summed E-state index contributed by atoms with van der Waals surface area (Å²) in [6, 6.07) is 33.6. The second kappa shape index (κ2) is 8.47. The molecule has 0 N–H and O–H groups in total. The fourth-order valence-electron chi connectivity index (χ4n) is 5.42. The summed E-state index contributed by atoms with van der Waals surface area (Å²) < 4.78 is 0. The van der Waals surface area contributed by atoms with Gasteiger partial charge >= 0.3 is 0 Å². The number of fused-ring (bicyclic) bond motifs is 2. The van der Waals surface area contributed by atoms with Crippen LogP contribution in [0, 0.1) is 13.8 Å². The summed E-state index contributed by atoms with van der Waals surface area (Å²) in [4.78, 5) is 0. The predicted octanol–water partition coefficient (Wildman–Crippen LogP) is 9.68. The molecule has 0 aromatic heterocycles. The van der Waals surface area contributed by atoms with E-state index in [1.54, 1.807) is 0 Å². The maximum Gasteiger partial charge on any atom is -0.00732 e. The topological polar surface area (TPSA) is 0 Å². The molecule has 0 radical (unpaired) electrons. The van der Waals surface area contributed by atoms with Crippen LogP contribution in [0.3, 0.4) is 0 Å². The van der Waals surface area contributed by atoms with E-state index in [-0.39, 0.29) is 0 Å². The molecule has 5 aromatic carbocycles. The van der Waals surface area contributed by atoms with Crippen molar-refractivity contribution in [1.82, 2.24) is 0 Å². The SMILES string of the molecule is Cc1ccccc1-c1c(C)ccc2ccc(-c3ccc(C4=CCCC=C4)c4ccccc34)cc12. The van der Waals surface area contributed by atoms with Crippen LogP contribution in [0.25, 0.3) is 49.4 Å². The molecule has 0 saturated heterocycles. The summed E-state index contributed by atoms with van der Waals surface area (Å²) >= 11 is 0. The Morgan fingerprint density at radius 1 is 0.559 bits per heavy atom. The van der Waals surface area contributed by atoms with Gasteiger partial charge in [0.25, 0.3) is 0 Å². The molecule has 0 atom stereocenters. The number of rotatable bonds is 3. The van der Waals surface area contributed by atoms with Crippen molar-refractivity contribution in [3.63, 3.8) is 0 Å².